The van der Waals surface area contributed by atoms with Crippen LogP contribution in [-0.2, 0) is 0 Å². The second kappa shape index (κ2) is 4.77. The number of nitrogens with zero attached hydrogens (tertiary/aromatic N) is 3. The predicted octanol–water partition coefficient (Wildman–Crippen LogP) is 0.722. The molecule has 1 amide bonds. The molecule has 98 valence electrons. The van der Waals surface area contributed by atoms with E-state index in [2.05, 4.69) is 10.4 Å². The zero-order valence-corrected chi connectivity index (χ0v) is 10.0. The summed E-state index contributed by atoms with van der Waals surface area (Å²) in [5, 5.41) is 17.2. The van der Waals surface area contributed by atoms with Crippen molar-refractivity contribution in [2.45, 2.75) is 0 Å². The first kappa shape index (κ1) is 12.6. The molecule has 0 unspecified atom stereocenters. The Labute approximate surface area is 108 Å². The first-order valence-electron chi connectivity index (χ1n) is 5.35. The molecule has 2 aromatic rings. The van der Waals surface area contributed by atoms with Gasteiger partial charge in [0.05, 0.1) is 10.6 Å². The Bertz CT molecular complexity index is 650. The monoisotopic (exact) mass is 261 g/mol. The van der Waals surface area contributed by atoms with E-state index in [1.165, 1.54) is 36.0 Å². The Morgan fingerprint density at radius 1 is 1.47 bits per heavy atom. The second-order valence-corrected chi connectivity index (χ2v) is 3.72. The highest BCUT2D eigenvalue weighted by atomic mass is 16.6. The summed E-state index contributed by atoms with van der Waals surface area (Å²) >= 11 is 0. The topological polar surface area (TPSA) is 116 Å². The lowest BCUT2D eigenvalue weighted by atomic mass is 10.2. The summed E-state index contributed by atoms with van der Waals surface area (Å²) in [5.41, 5.74) is 6.26. The fourth-order valence-electron chi connectivity index (χ4n) is 1.57. The molecule has 0 radical (unpaired) electrons. The van der Waals surface area contributed by atoms with E-state index in [4.69, 9.17) is 5.73 Å². The number of aromatic nitrogens is 2. The number of rotatable bonds is 3. The quantitative estimate of drug-likeness (QED) is 0.479. The average molecular weight is 261 g/mol. The molecule has 0 atom stereocenters. The number of nitro benzene ring substituents is 1. The van der Waals surface area contributed by atoms with Crippen LogP contribution in [0.5, 0.6) is 0 Å². The molecule has 0 aliphatic heterocycles. The van der Waals surface area contributed by atoms with Crippen LogP contribution in [0, 0.1) is 10.1 Å². The number of carbonyl (C=O) groups is 1. The van der Waals surface area contributed by atoms with Gasteiger partial charge in [-0.2, -0.15) is 5.10 Å². The normalized spacial score (nSPS) is 10.2. The van der Waals surface area contributed by atoms with Gasteiger partial charge in [-0.05, 0) is 18.2 Å². The highest BCUT2D eigenvalue weighted by molar-refractivity contribution is 5.91. The van der Waals surface area contributed by atoms with Gasteiger partial charge in [-0.3, -0.25) is 14.9 Å². The molecule has 8 heteroatoms. The van der Waals surface area contributed by atoms with Gasteiger partial charge in [0, 0.05) is 19.3 Å². The molecule has 0 aliphatic rings. The summed E-state index contributed by atoms with van der Waals surface area (Å²) in [6.07, 6.45) is 1.57. The van der Waals surface area contributed by atoms with Crippen molar-refractivity contribution in [3.05, 3.63) is 46.3 Å². The van der Waals surface area contributed by atoms with Crippen molar-refractivity contribution in [3.63, 3.8) is 0 Å². The van der Waals surface area contributed by atoms with Gasteiger partial charge in [0.2, 0.25) is 0 Å². The van der Waals surface area contributed by atoms with E-state index in [1.54, 1.807) is 6.20 Å². The van der Waals surface area contributed by atoms with Crippen LogP contribution in [0.1, 0.15) is 10.5 Å². The number of hydrogen-bond donors (Lipinski definition) is 2. The minimum Gasteiger partial charge on any atom is -0.393 e. The maximum absolute atomic E-state index is 11.4. The number of nitrogen functional groups attached to an aromatic ring is 1. The molecule has 0 aliphatic carbocycles. The fourth-order valence-corrected chi connectivity index (χ4v) is 1.57. The molecule has 1 aromatic carbocycles. The van der Waals surface area contributed by atoms with Crippen LogP contribution in [0.4, 0.5) is 11.4 Å². The van der Waals surface area contributed by atoms with Gasteiger partial charge in [-0.1, -0.05) is 0 Å². The smallest absolute Gasteiger partial charge is 0.292 e. The molecular formula is C11H11N5O3. The van der Waals surface area contributed by atoms with Crippen LogP contribution < -0.4 is 11.1 Å². The van der Waals surface area contributed by atoms with Crippen LogP contribution in [0.2, 0.25) is 0 Å². The Balaban J connectivity index is 2.37. The number of nitrogens with one attached hydrogen (secondary N) is 1. The predicted molar refractivity (Wildman–Crippen MR) is 68.0 cm³/mol. The van der Waals surface area contributed by atoms with E-state index in [0.717, 1.165) is 0 Å². The third kappa shape index (κ3) is 2.37. The van der Waals surface area contributed by atoms with Crippen LogP contribution in [0.3, 0.4) is 0 Å². The molecule has 1 heterocycles. The van der Waals surface area contributed by atoms with Crippen molar-refractivity contribution in [2.75, 3.05) is 12.8 Å². The third-order valence-electron chi connectivity index (χ3n) is 2.52. The van der Waals surface area contributed by atoms with E-state index in [1.807, 2.05) is 0 Å². The van der Waals surface area contributed by atoms with Crippen molar-refractivity contribution in [3.8, 4) is 5.69 Å². The van der Waals surface area contributed by atoms with Gasteiger partial charge >= 0.3 is 0 Å². The largest absolute Gasteiger partial charge is 0.393 e. The molecule has 19 heavy (non-hydrogen) atoms. The molecular weight excluding hydrogens is 250 g/mol. The molecule has 0 fully saturated rings. The molecule has 0 saturated carbocycles. The van der Waals surface area contributed by atoms with Crippen LogP contribution in [-0.4, -0.2) is 27.7 Å². The maximum Gasteiger partial charge on any atom is 0.292 e. The van der Waals surface area contributed by atoms with Crippen LogP contribution >= 0.6 is 0 Å². The first-order valence-corrected chi connectivity index (χ1v) is 5.35. The molecule has 3 N–H and O–H groups in total. The van der Waals surface area contributed by atoms with Gasteiger partial charge in [0.15, 0.2) is 5.69 Å². The molecule has 1 aromatic heterocycles. The molecule has 0 bridgehead atoms. The second-order valence-electron chi connectivity index (χ2n) is 3.72. The van der Waals surface area contributed by atoms with Crippen molar-refractivity contribution in [2.24, 2.45) is 0 Å². The third-order valence-corrected chi connectivity index (χ3v) is 2.52. The van der Waals surface area contributed by atoms with Crippen molar-refractivity contribution >= 4 is 17.3 Å². The van der Waals surface area contributed by atoms with Gasteiger partial charge in [-0.25, -0.2) is 4.68 Å². The summed E-state index contributed by atoms with van der Waals surface area (Å²) in [5.74, 6) is -0.311. The van der Waals surface area contributed by atoms with E-state index in [-0.39, 0.29) is 23.0 Å². The van der Waals surface area contributed by atoms with E-state index < -0.39 is 4.92 Å². The van der Waals surface area contributed by atoms with Gasteiger partial charge < -0.3 is 11.1 Å². The van der Waals surface area contributed by atoms with Gasteiger partial charge in [0.25, 0.3) is 11.6 Å². The standard InChI is InChI=1S/C11H11N5O3/c1-13-11(17)9-4-5-15(14-9)7-2-3-10(16(18)19)8(12)6-7/h2-6H,12H2,1H3,(H,13,17). The highest BCUT2D eigenvalue weighted by Crippen LogP contribution is 2.23. The van der Waals surface area contributed by atoms with Crippen LogP contribution in [0.15, 0.2) is 30.5 Å². The van der Waals surface area contributed by atoms with Crippen LogP contribution in [0.25, 0.3) is 5.69 Å². The van der Waals surface area contributed by atoms with Crippen molar-refractivity contribution in [1.29, 1.82) is 0 Å². The average Bonchev–Trinajstić information content (AvgIpc) is 2.86. The van der Waals surface area contributed by atoms with E-state index in [9.17, 15) is 14.9 Å². The zero-order valence-electron chi connectivity index (χ0n) is 10.0. The number of carbonyl (C=O) groups excluding carboxylic acids is 1. The van der Waals surface area contributed by atoms with E-state index in [0.29, 0.717) is 5.69 Å². The number of anilines is 1. The van der Waals surface area contributed by atoms with Gasteiger partial charge in [-0.15, -0.1) is 0 Å². The molecule has 8 nitrogen and oxygen atoms in total. The SMILES string of the molecule is CNC(=O)c1ccn(-c2ccc([N+](=O)[O-])c(N)c2)n1. The summed E-state index contributed by atoms with van der Waals surface area (Å²) in [7, 11) is 1.51. The Morgan fingerprint density at radius 2 is 2.21 bits per heavy atom. The lowest BCUT2D eigenvalue weighted by molar-refractivity contribution is -0.383. The summed E-state index contributed by atoms with van der Waals surface area (Å²) in [6, 6.07) is 5.77. The number of nitro groups is 1. The van der Waals surface area contributed by atoms with Gasteiger partial charge in [0.1, 0.15) is 5.69 Å². The minimum atomic E-state index is -0.557. The Hall–Kier alpha value is -2.90. The summed E-state index contributed by atoms with van der Waals surface area (Å²) in [4.78, 5) is 21.5. The lowest BCUT2D eigenvalue weighted by Gasteiger charge is -2.03. The van der Waals surface area contributed by atoms with Crippen molar-refractivity contribution < 1.29 is 9.72 Å². The zero-order chi connectivity index (χ0) is 14.0. The number of hydrogen-bond acceptors (Lipinski definition) is 5. The minimum absolute atomic E-state index is 0.0412. The van der Waals surface area contributed by atoms with Crippen molar-refractivity contribution in [1.82, 2.24) is 15.1 Å². The first-order chi connectivity index (χ1) is 9.02. The Morgan fingerprint density at radius 3 is 2.79 bits per heavy atom. The lowest BCUT2D eigenvalue weighted by Crippen LogP contribution is -2.18. The number of amides is 1. The number of benzene rings is 1. The number of nitrogens with two attached hydrogens (primary N) is 1. The maximum atomic E-state index is 11.4. The Kier molecular flexibility index (Phi) is 3.15. The van der Waals surface area contributed by atoms with E-state index >= 15 is 0 Å². The highest BCUT2D eigenvalue weighted by Gasteiger charge is 2.13. The molecule has 0 spiro atoms. The molecule has 0 saturated heterocycles. The summed E-state index contributed by atoms with van der Waals surface area (Å²) < 4.78 is 1.42. The fraction of sp³-hybridized carbons (Fsp3) is 0.0909. The summed E-state index contributed by atoms with van der Waals surface area (Å²) in [6.45, 7) is 0. The molecule has 2 rings (SSSR count).